The van der Waals surface area contributed by atoms with Gasteiger partial charge in [0.1, 0.15) is 5.75 Å². The summed E-state index contributed by atoms with van der Waals surface area (Å²) in [5.41, 5.74) is 0.978. The molecule has 1 aromatic heterocycles. The van der Waals surface area contributed by atoms with Crippen LogP contribution in [0.3, 0.4) is 0 Å². The Bertz CT molecular complexity index is 742. The average molecular weight is 339 g/mol. The number of carbonyl (C=O) groups is 1. The molecule has 1 aliphatic carbocycles. The van der Waals surface area contributed by atoms with Crippen molar-refractivity contribution in [3.63, 3.8) is 0 Å². The van der Waals surface area contributed by atoms with E-state index in [4.69, 9.17) is 0 Å². The molecule has 0 bridgehead atoms. The van der Waals surface area contributed by atoms with Crippen LogP contribution in [0.25, 0.3) is 0 Å². The highest BCUT2D eigenvalue weighted by molar-refractivity contribution is 5.95. The van der Waals surface area contributed by atoms with E-state index in [-0.39, 0.29) is 23.5 Å². The Morgan fingerprint density at radius 2 is 2.17 bits per heavy atom. The Balaban J connectivity index is 1.67. The third-order valence-electron chi connectivity index (χ3n) is 3.90. The highest BCUT2D eigenvalue weighted by Gasteiger charge is 2.46. The van der Waals surface area contributed by atoms with Gasteiger partial charge < -0.3 is 10.1 Å². The SMILES string of the molecule is CCn1cc(NC(=O)[C@@H]2C[C@@H]2c2ccccc2OC(F)(F)F)cn1. The van der Waals surface area contributed by atoms with Crippen molar-refractivity contribution in [3.8, 4) is 5.75 Å². The van der Waals surface area contributed by atoms with Gasteiger partial charge in [0.25, 0.3) is 0 Å². The summed E-state index contributed by atoms with van der Waals surface area (Å²) in [4.78, 5) is 12.2. The fourth-order valence-corrected chi connectivity index (χ4v) is 2.67. The minimum absolute atomic E-state index is 0.225. The van der Waals surface area contributed by atoms with E-state index in [0.29, 0.717) is 24.2 Å². The van der Waals surface area contributed by atoms with Crippen LogP contribution in [-0.4, -0.2) is 22.1 Å². The van der Waals surface area contributed by atoms with Crippen molar-refractivity contribution >= 4 is 11.6 Å². The third-order valence-corrected chi connectivity index (χ3v) is 3.90. The molecule has 0 aliphatic heterocycles. The summed E-state index contributed by atoms with van der Waals surface area (Å²) < 4.78 is 43.1. The number of halogens is 3. The first-order valence-corrected chi connectivity index (χ1v) is 7.55. The van der Waals surface area contributed by atoms with E-state index < -0.39 is 6.36 Å². The third kappa shape index (κ3) is 3.69. The first kappa shape index (κ1) is 16.4. The van der Waals surface area contributed by atoms with Crippen LogP contribution in [-0.2, 0) is 11.3 Å². The molecule has 0 unspecified atom stereocenters. The largest absolute Gasteiger partial charge is 0.573 e. The van der Waals surface area contributed by atoms with Crippen LogP contribution in [0.4, 0.5) is 18.9 Å². The van der Waals surface area contributed by atoms with Gasteiger partial charge in [-0.1, -0.05) is 18.2 Å². The Hall–Kier alpha value is -2.51. The number of para-hydroxylation sites is 1. The van der Waals surface area contributed by atoms with E-state index in [0.717, 1.165) is 0 Å². The molecule has 2 aromatic rings. The van der Waals surface area contributed by atoms with Crippen molar-refractivity contribution in [2.45, 2.75) is 32.2 Å². The molecule has 1 heterocycles. The number of hydrogen-bond donors (Lipinski definition) is 1. The molecule has 1 aliphatic rings. The zero-order valence-electron chi connectivity index (χ0n) is 12.9. The van der Waals surface area contributed by atoms with Gasteiger partial charge in [-0.05, 0) is 30.9 Å². The molecule has 2 atom stereocenters. The summed E-state index contributed by atoms with van der Waals surface area (Å²) in [5, 5.41) is 6.80. The number of benzene rings is 1. The molecule has 1 aromatic carbocycles. The number of ether oxygens (including phenoxy) is 1. The summed E-state index contributed by atoms with van der Waals surface area (Å²) in [6.07, 6.45) is -1.01. The molecule has 3 rings (SSSR count). The minimum Gasteiger partial charge on any atom is -0.405 e. The van der Waals surface area contributed by atoms with Gasteiger partial charge in [-0.25, -0.2) is 0 Å². The molecule has 0 saturated heterocycles. The van der Waals surface area contributed by atoms with Crippen LogP contribution >= 0.6 is 0 Å². The van der Waals surface area contributed by atoms with Crippen LogP contribution in [0, 0.1) is 5.92 Å². The molecule has 1 fully saturated rings. The van der Waals surface area contributed by atoms with Crippen molar-refractivity contribution < 1.29 is 22.7 Å². The lowest BCUT2D eigenvalue weighted by Crippen LogP contribution is -2.18. The average Bonchev–Trinajstić information content (AvgIpc) is 3.19. The number of aromatic nitrogens is 2. The Morgan fingerprint density at radius 3 is 2.83 bits per heavy atom. The summed E-state index contributed by atoms with van der Waals surface area (Å²) in [6.45, 7) is 2.61. The fourth-order valence-electron chi connectivity index (χ4n) is 2.67. The lowest BCUT2D eigenvalue weighted by molar-refractivity contribution is -0.274. The van der Waals surface area contributed by atoms with E-state index in [9.17, 15) is 18.0 Å². The lowest BCUT2D eigenvalue weighted by Gasteiger charge is -2.13. The lowest BCUT2D eigenvalue weighted by atomic mass is 10.1. The molecular weight excluding hydrogens is 323 g/mol. The van der Waals surface area contributed by atoms with Gasteiger partial charge in [0.05, 0.1) is 11.9 Å². The monoisotopic (exact) mass is 339 g/mol. The first-order chi connectivity index (χ1) is 11.4. The summed E-state index contributed by atoms with van der Waals surface area (Å²) in [7, 11) is 0. The predicted octanol–water partition coefficient (Wildman–Crippen LogP) is 3.54. The van der Waals surface area contributed by atoms with Crippen molar-refractivity contribution in [2.24, 2.45) is 5.92 Å². The molecule has 24 heavy (non-hydrogen) atoms. The number of alkyl halides is 3. The second-order valence-corrected chi connectivity index (χ2v) is 5.61. The van der Waals surface area contributed by atoms with Crippen molar-refractivity contribution in [2.75, 3.05) is 5.32 Å². The van der Waals surface area contributed by atoms with Crippen LogP contribution in [0.2, 0.25) is 0 Å². The van der Waals surface area contributed by atoms with Crippen LogP contribution in [0.15, 0.2) is 36.7 Å². The van der Waals surface area contributed by atoms with Gasteiger partial charge in [0.2, 0.25) is 5.91 Å². The van der Waals surface area contributed by atoms with Crippen LogP contribution in [0.1, 0.15) is 24.8 Å². The molecule has 5 nitrogen and oxygen atoms in total. The van der Waals surface area contributed by atoms with Gasteiger partial charge in [0.15, 0.2) is 0 Å². The van der Waals surface area contributed by atoms with Crippen molar-refractivity contribution in [1.82, 2.24) is 9.78 Å². The molecule has 0 spiro atoms. The minimum atomic E-state index is -4.75. The number of carbonyl (C=O) groups excluding carboxylic acids is 1. The van der Waals surface area contributed by atoms with E-state index in [1.807, 2.05) is 6.92 Å². The van der Waals surface area contributed by atoms with Gasteiger partial charge in [-0.2, -0.15) is 5.10 Å². The summed E-state index contributed by atoms with van der Waals surface area (Å²) in [6, 6.07) is 5.94. The van der Waals surface area contributed by atoms with Crippen molar-refractivity contribution in [1.29, 1.82) is 0 Å². The quantitative estimate of drug-likeness (QED) is 0.906. The maximum Gasteiger partial charge on any atom is 0.573 e. The topological polar surface area (TPSA) is 56.2 Å². The number of hydrogen-bond acceptors (Lipinski definition) is 3. The highest BCUT2D eigenvalue weighted by Crippen LogP contribution is 2.51. The number of rotatable bonds is 5. The van der Waals surface area contributed by atoms with Gasteiger partial charge in [-0.15, -0.1) is 13.2 Å². The smallest absolute Gasteiger partial charge is 0.405 e. The second-order valence-electron chi connectivity index (χ2n) is 5.61. The molecule has 128 valence electrons. The van der Waals surface area contributed by atoms with Gasteiger partial charge in [0, 0.05) is 18.7 Å². The van der Waals surface area contributed by atoms with E-state index in [1.165, 1.54) is 12.1 Å². The van der Waals surface area contributed by atoms with E-state index in [2.05, 4.69) is 15.2 Å². The molecular formula is C16H16F3N3O2. The second kappa shape index (κ2) is 6.18. The Labute approximate surface area is 136 Å². The van der Waals surface area contributed by atoms with Crippen molar-refractivity contribution in [3.05, 3.63) is 42.2 Å². The van der Waals surface area contributed by atoms with Crippen LogP contribution in [0.5, 0.6) is 5.75 Å². The van der Waals surface area contributed by atoms with E-state index in [1.54, 1.807) is 29.2 Å². The van der Waals surface area contributed by atoms with Gasteiger partial charge >= 0.3 is 6.36 Å². The molecule has 1 saturated carbocycles. The number of nitrogens with one attached hydrogen (secondary N) is 1. The van der Waals surface area contributed by atoms with E-state index >= 15 is 0 Å². The highest BCUT2D eigenvalue weighted by atomic mass is 19.4. The number of aryl methyl sites for hydroxylation is 1. The molecule has 8 heteroatoms. The maximum atomic E-state index is 12.5. The normalized spacial score (nSPS) is 19.8. The number of amides is 1. The fraction of sp³-hybridized carbons (Fsp3) is 0.375. The predicted molar refractivity (Wildman–Crippen MR) is 80.5 cm³/mol. The Morgan fingerprint density at radius 1 is 1.42 bits per heavy atom. The van der Waals surface area contributed by atoms with Gasteiger partial charge in [-0.3, -0.25) is 9.48 Å². The summed E-state index contributed by atoms with van der Waals surface area (Å²) >= 11 is 0. The Kier molecular flexibility index (Phi) is 4.21. The maximum absolute atomic E-state index is 12.5. The number of nitrogens with zero attached hydrogens (tertiary/aromatic N) is 2. The molecule has 1 amide bonds. The summed E-state index contributed by atoms with van der Waals surface area (Å²) in [5.74, 6) is -1.11. The zero-order chi connectivity index (χ0) is 17.3. The molecule has 0 radical (unpaired) electrons. The first-order valence-electron chi connectivity index (χ1n) is 7.55. The standard InChI is InChI=1S/C16H16F3N3O2/c1-2-22-9-10(8-20-22)21-15(23)13-7-12(13)11-5-3-4-6-14(11)24-16(17,18)19/h3-6,8-9,12-13H,2,7H2,1H3,(H,21,23)/t12-,13-/m1/s1. The number of anilines is 1. The molecule has 1 N–H and O–H groups in total. The zero-order valence-corrected chi connectivity index (χ0v) is 12.9. The van der Waals surface area contributed by atoms with Crippen LogP contribution < -0.4 is 10.1 Å².